The third kappa shape index (κ3) is 1.68. The lowest BCUT2D eigenvalue weighted by molar-refractivity contribution is 0.272. The fourth-order valence-corrected chi connectivity index (χ4v) is 0.942. The van der Waals surface area contributed by atoms with Gasteiger partial charge in [0.25, 0.3) is 0 Å². The predicted molar refractivity (Wildman–Crippen MR) is 45.5 cm³/mol. The van der Waals surface area contributed by atoms with E-state index < -0.39 is 7.04 Å². The molecule has 1 aromatic carbocycles. The van der Waals surface area contributed by atoms with Crippen molar-refractivity contribution in [1.29, 1.82) is 0 Å². The molecule has 66 valence electrons. The largest absolute Gasteiger partial charge is 0.497 e. The SMILES string of the molecule is [2H]C([2H])([2H])Oc1ccc(OC)c(CO)c1. The second-order valence-corrected chi connectivity index (χ2v) is 2.23. The average molecular weight is 171 g/mol. The highest BCUT2D eigenvalue weighted by Crippen LogP contribution is 2.23. The highest BCUT2D eigenvalue weighted by Gasteiger charge is 2.02. The van der Waals surface area contributed by atoms with E-state index >= 15 is 0 Å². The normalized spacial score (nSPS) is 14.3. The van der Waals surface area contributed by atoms with Crippen LogP contribution in [0.25, 0.3) is 0 Å². The Morgan fingerprint density at radius 3 is 2.92 bits per heavy atom. The van der Waals surface area contributed by atoms with Crippen molar-refractivity contribution < 1.29 is 18.7 Å². The fourth-order valence-electron chi connectivity index (χ4n) is 0.942. The zero-order chi connectivity index (χ0) is 11.5. The van der Waals surface area contributed by atoms with E-state index in [1.165, 1.54) is 19.2 Å². The number of ether oxygens (including phenoxy) is 2. The molecule has 0 heterocycles. The van der Waals surface area contributed by atoms with Crippen LogP contribution in [0, 0.1) is 0 Å². The minimum atomic E-state index is -2.48. The number of aliphatic hydroxyl groups excluding tert-OH is 1. The lowest BCUT2D eigenvalue weighted by Crippen LogP contribution is -1.92. The monoisotopic (exact) mass is 171 g/mol. The summed E-state index contributed by atoms with van der Waals surface area (Å²) in [6.07, 6.45) is 0. The molecule has 0 bridgehead atoms. The van der Waals surface area contributed by atoms with Gasteiger partial charge in [-0.1, -0.05) is 0 Å². The Balaban J connectivity index is 2.93. The van der Waals surface area contributed by atoms with Crippen molar-refractivity contribution in [3.05, 3.63) is 23.8 Å². The molecular formula is C9H12O3. The summed E-state index contributed by atoms with van der Waals surface area (Å²) in [5.41, 5.74) is 0.485. The minimum Gasteiger partial charge on any atom is -0.497 e. The quantitative estimate of drug-likeness (QED) is 0.742. The van der Waals surface area contributed by atoms with Crippen molar-refractivity contribution in [1.82, 2.24) is 0 Å². The van der Waals surface area contributed by atoms with Gasteiger partial charge in [0, 0.05) is 5.56 Å². The topological polar surface area (TPSA) is 38.7 Å². The first-order valence-corrected chi connectivity index (χ1v) is 3.43. The number of benzene rings is 1. The van der Waals surface area contributed by atoms with Gasteiger partial charge in [0.15, 0.2) is 0 Å². The first kappa shape index (κ1) is 5.43. The van der Waals surface area contributed by atoms with E-state index in [1.54, 1.807) is 6.07 Å². The summed E-state index contributed by atoms with van der Waals surface area (Å²) in [6.45, 7) is -0.235. The highest BCUT2D eigenvalue weighted by molar-refractivity contribution is 5.39. The molecule has 0 amide bonds. The van der Waals surface area contributed by atoms with Crippen LogP contribution in [0.4, 0.5) is 0 Å². The van der Waals surface area contributed by atoms with Crippen LogP contribution in [-0.2, 0) is 6.61 Å². The number of hydrogen-bond acceptors (Lipinski definition) is 3. The maximum absolute atomic E-state index is 9.00. The van der Waals surface area contributed by atoms with Crippen molar-refractivity contribution in [2.75, 3.05) is 14.1 Å². The van der Waals surface area contributed by atoms with Crippen LogP contribution in [0.5, 0.6) is 11.5 Å². The molecule has 1 aromatic rings. The first-order chi connectivity index (χ1) is 6.96. The zero-order valence-corrected chi connectivity index (χ0v) is 6.70. The molecule has 0 aliphatic rings. The molecule has 0 fully saturated rings. The second kappa shape index (κ2) is 3.97. The van der Waals surface area contributed by atoms with Crippen molar-refractivity contribution >= 4 is 0 Å². The Labute approximate surface area is 75.8 Å². The van der Waals surface area contributed by atoms with Crippen LogP contribution < -0.4 is 9.47 Å². The van der Waals surface area contributed by atoms with Gasteiger partial charge < -0.3 is 14.6 Å². The van der Waals surface area contributed by atoms with Crippen molar-refractivity contribution in [2.45, 2.75) is 6.61 Å². The molecule has 0 aliphatic carbocycles. The number of methoxy groups -OCH3 is 2. The standard InChI is InChI=1S/C9H12O3/c1-11-8-3-4-9(12-2)7(5-8)6-10/h3-5,10H,6H2,1-2H3/i1D3. The lowest BCUT2D eigenvalue weighted by atomic mass is 10.2. The minimum absolute atomic E-state index is 0.180. The van der Waals surface area contributed by atoms with E-state index in [4.69, 9.17) is 14.0 Å². The summed E-state index contributed by atoms with van der Waals surface area (Å²) < 4.78 is 30.4. The van der Waals surface area contributed by atoms with Crippen LogP contribution in [0.3, 0.4) is 0 Å². The molecule has 0 saturated heterocycles. The third-order valence-corrected chi connectivity index (χ3v) is 1.54. The zero-order valence-electron chi connectivity index (χ0n) is 9.70. The number of hydrogen-bond donors (Lipinski definition) is 1. The summed E-state index contributed by atoms with van der Waals surface area (Å²) in [6, 6.07) is 4.46. The number of rotatable bonds is 3. The van der Waals surface area contributed by atoms with Crippen molar-refractivity contribution in [2.24, 2.45) is 0 Å². The third-order valence-electron chi connectivity index (χ3n) is 1.54. The summed E-state index contributed by atoms with van der Waals surface area (Å²) in [4.78, 5) is 0. The van der Waals surface area contributed by atoms with E-state index in [9.17, 15) is 0 Å². The van der Waals surface area contributed by atoms with E-state index in [0.29, 0.717) is 11.3 Å². The lowest BCUT2D eigenvalue weighted by Gasteiger charge is -2.07. The van der Waals surface area contributed by atoms with E-state index in [-0.39, 0.29) is 12.4 Å². The maximum Gasteiger partial charge on any atom is 0.124 e. The van der Waals surface area contributed by atoms with E-state index in [0.717, 1.165) is 0 Å². The van der Waals surface area contributed by atoms with Crippen LogP contribution in [0.15, 0.2) is 18.2 Å². The van der Waals surface area contributed by atoms with Gasteiger partial charge in [0.05, 0.1) is 24.9 Å². The van der Waals surface area contributed by atoms with Crippen molar-refractivity contribution in [3.8, 4) is 11.5 Å². The molecule has 0 saturated carbocycles. The first-order valence-electron chi connectivity index (χ1n) is 4.93. The molecule has 0 radical (unpaired) electrons. The summed E-state index contributed by atoms with van der Waals surface area (Å²) in [5, 5.41) is 9.00. The molecule has 0 aliphatic heterocycles. The maximum atomic E-state index is 9.00. The Hall–Kier alpha value is -1.22. The molecule has 1 N–H and O–H groups in total. The predicted octanol–water partition coefficient (Wildman–Crippen LogP) is 1.20. The van der Waals surface area contributed by atoms with E-state index in [1.807, 2.05) is 0 Å². The van der Waals surface area contributed by atoms with Gasteiger partial charge in [-0.05, 0) is 18.2 Å². The fraction of sp³-hybridized carbons (Fsp3) is 0.333. The molecule has 3 heteroatoms. The van der Waals surface area contributed by atoms with Gasteiger partial charge in [-0.25, -0.2) is 0 Å². The van der Waals surface area contributed by atoms with Gasteiger partial charge in [0.1, 0.15) is 11.5 Å². The Bertz CT molecular complexity index is 336. The second-order valence-electron chi connectivity index (χ2n) is 2.23. The molecule has 0 spiro atoms. The average Bonchev–Trinajstić information content (AvgIpc) is 2.15. The molecule has 3 nitrogen and oxygen atoms in total. The van der Waals surface area contributed by atoms with Gasteiger partial charge in [-0.15, -0.1) is 0 Å². The smallest absolute Gasteiger partial charge is 0.124 e. The van der Waals surface area contributed by atoms with Gasteiger partial charge in [-0.3, -0.25) is 0 Å². The van der Waals surface area contributed by atoms with Crippen LogP contribution in [-0.4, -0.2) is 19.3 Å². The Morgan fingerprint density at radius 1 is 1.50 bits per heavy atom. The summed E-state index contributed by atoms with van der Waals surface area (Å²) in [7, 11) is -1.01. The molecule has 12 heavy (non-hydrogen) atoms. The van der Waals surface area contributed by atoms with Crippen molar-refractivity contribution in [3.63, 3.8) is 0 Å². The molecule has 1 rings (SSSR count). The molecule has 0 unspecified atom stereocenters. The Kier molecular flexibility index (Phi) is 1.80. The molecular weight excluding hydrogens is 156 g/mol. The summed E-state index contributed by atoms with van der Waals surface area (Å²) in [5.74, 6) is 0.676. The van der Waals surface area contributed by atoms with Crippen LogP contribution in [0.1, 0.15) is 9.68 Å². The van der Waals surface area contributed by atoms with Crippen LogP contribution >= 0.6 is 0 Å². The van der Waals surface area contributed by atoms with Crippen LogP contribution in [0.2, 0.25) is 0 Å². The molecule has 0 aromatic heterocycles. The van der Waals surface area contributed by atoms with Gasteiger partial charge >= 0.3 is 0 Å². The van der Waals surface area contributed by atoms with Gasteiger partial charge in [0.2, 0.25) is 0 Å². The highest BCUT2D eigenvalue weighted by atomic mass is 16.5. The Morgan fingerprint density at radius 2 is 2.33 bits per heavy atom. The summed E-state index contributed by atoms with van der Waals surface area (Å²) >= 11 is 0. The molecule has 0 atom stereocenters. The number of aliphatic hydroxyl groups is 1. The van der Waals surface area contributed by atoms with E-state index in [2.05, 4.69) is 4.74 Å². The van der Waals surface area contributed by atoms with Gasteiger partial charge in [-0.2, -0.15) is 0 Å².